The van der Waals surface area contributed by atoms with Crippen LogP contribution in [0.2, 0.25) is 0 Å². The van der Waals surface area contributed by atoms with E-state index in [1.807, 2.05) is 27.7 Å². The molecule has 0 radical (unpaired) electrons. The molecular formula is C16H32N4O3. The van der Waals surface area contributed by atoms with E-state index >= 15 is 0 Å². The summed E-state index contributed by atoms with van der Waals surface area (Å²) in [5, 5.41) is 8.50. The first-order chi connectivity index (χ1) is 10.7. The zero-order valence-corrected chi connectivity index (χ0v) is 15.1. The minimum Gasteiger partial charge on any atom is -0.355 e. The molecule has 0 atom stereocenters. The van der Waals surface area contributed by atoms with Gasteiger partial charge in [0, 0.05) is 58.0 Å². The first-order valence-electron chi connectivity index (χ1n) is 8.26. The van der Waals surface area contributed by atoms with Crippen LogP contribution in [0.5, 0.6) is 0 Å². The lowest BCUT2D eigenvalue weighted by Gasteiger charge is -2.23. The highest BCUT2D eigenvalue weighted by Crippen LogP contribution is 1.93. The van der Waals surface area contributed by atoms with Crippen LogP contribution in [-0.4, -0.2) is 61.9 Å². The lowest BCUT2D eigenvalue weighted by Crippen LogP contribution is -2.43. The van der Waals surface area contributed by atoms with E-state index in [9.17, 15) is 14.4 Å². The fourth-order valence-corrected chi connectivity index (χ4v) is 1.81. The van der Waals surface area contributed by atoms with Gasteiger partial charge in [-0.25, -0.2) is 0 Å². The number of rotatable bonds is 11. The van der Waals surface area contributed by atoms with Crippen molar-refractivity contribution in [3.05, 3.63) is 0 Å². The Labute approximate surface area is 139 Å². The molecule has 0 bridgehead atoms. The van der Waals surface area contributed by atoms with Gasteiger partial charge in [-0.2, -0.15) is 0 Å². The summed E-state index contributed by atoms with van der Waals surface area (Å²) in [6, 6.07) is 0. The number of nitrogens with zero attached hydrogens (tertiary/aromatic N) is 1. The first kappa shape index (κ1) is 21.4. The molecular weight excluding hydrogens is 296 g/mol. The molecule has 0 heterocycles. The van der Waals surface area contributed by atoms with Crippen molar-refractivity contribution in [2.24, 2.45) is 11.8 Å². The molecule has 3 amide bonds. The minimum atomic E-state index is -0.0637. The Morgan fingerprint density at radius 3 is 1.39 bits per heavy atom. The SMILES string of the molecule is CC(=O)NCCN(CCNC(=O)C(C)C)CCNC(=O)C(C)C. The van der Waals surface area contributed by atoms with Gasteiger partial charge in [0.1, 0.15) is 0 Å². The zero-order chi connectivity index (χ0) is 17.8. The van der Waals surface area contributed by atoms with Crippen LogP contribution >= 0.6 is 0 Å². The highest BCUT2D eigenvalue weighted by molar-refractivity contribution is 5.78. The minimum absolute atomic E-state index is 0.0277. The largest absolute Gasteiger partial charge is 0.355 e. The second-order valence-electron chi connectivity index (χ2n) is 6.22. The highest BCUT2D eigenvalue weighted by Gasteiger charge is 2.10. The van der Waals surface area contributed by atoms with Gasteiger partial charge in [-0.1, -0.05) is 27.7 Å². The number of hydrogen-bond donors (Lipinski definition) is 3. The molecule has 0 aromatic rings. The molecule has 0 aliphatic carbocycles. The van der Waals surface area contributed by atoms with E-state index in [1.54, 1.807) is 0 Å². The lowest BCUT2D eigenvalue weighted by molar-refractivity contribution is -0.124. The molecule has 0 aliphatic rings. The molecule has 134 valence electrons. The lowest BCUT2D eigenvalue weighted by atomic mass is 10.2. The Balaban J connectivity index is 4.19. The van der Waals surface area contributed by atoms with Crippen LogP contribution in [0.4, 0.5) is 0 Å². The highest BCUT2D eigenvalue weighted by atomic mass is 16.2. The van der Waals surface area contributed by atoms with Crippen molar-refractivity contribution in [3.63, 3.8) is 0 Å². The van der Waals surface area contributed by atoms with Crippen molar-refractivity contribution >= 4 is 17.7 Å². The molecule has 0 saturated carbocycles. The molecule has 0 saturated heterocycles. The summed E-state index contributed by atoms with van der Waals surface area (Å²) in [5.74, 6) is -0.0765. The van der Waals surface area contributed by atoms with E-state index in [4.69, 9.17) is 0 Å². The maximum Gasteiger partial charge on any atom is 0.222 e. The molecule has 0 aliphatic heterocycles. The number of carbonyl (C=O) groups is 3. The molecule has 0 spiro atoms. The van der Waals surface area contributed by atoms with E-state index in [1.165, 1.54) is 6.92 Å². The number of carbonyl (C=O) groups excluding carboxylic acids is 3. The van der Waals surface area contributed by atoms with Crippen LogP contribution in [-0.2, 0) is 14.4 Å². The smallest absolute Gasteiger partial charge is 0.222 e. The van der Waals surface area contributed by atoms with Gasteiger partial charge in [0.2, 0.25) is 17.7 Å². The summed E-state index contributed by atoms with van der Waals surface area (Å²) in [4.78, 5) is 36.2. The van der Waals surface area contributed by atoms with Crippen molar-refractivity contribution < 1.29 is 14.4 Å². The van der Waals surface area contributed by atoms with Crippen LogP contribution in [0.15, 0.2) is 0 Å². The fourth-order valence-electron chi connectivity index (χ4n) is 1.81. The van der Waals surface area contributed by atoms with Gasteiger partial charge in [-0.15, -0.1) is 0 Å². The van der Waals surface area contributed by atoms with E-state index in [0.717, 1.165) is 0 Å². The number of amides is 3. The second kappa shape index (κ2) is 11.9. The van der Waals surface area contributed by atoms with Gasteiger partial charge in [0.15, 0.2) is 0 Å². The van der Waals surface area contributed by atoms with Gasteiger partial charge in [-0.3, -0.25) is 19.3 Å². The average molecular weight is 328 g/mol. The number of nitrogens with one attached hydrogen (secondary N) is 3. The predicted octanol–water partition coefficient (Wildman–Crippen LogP) is -0.0311. The van der Waals surface area contributed by atoms with Crippen LogP contribution in [0.1, 0.15) is 34.6 Å². The molecule has 0 rings (SSSR count). The molecule has 3 N–H and O–H groups in total. The van der Waals surface area contributed by atoms with Crippen molar-refractivity contribution in [3.8, 4) is 0 Å². The number of hydrogen-bond acceptors (Lipinski definition) is 4. The van der Waals surface area contributed by atoms with Crippen LogP contribution in [0.3, 0.4) is 0 Å². The van der Waals surface area contributed by atoms with Crippen molar-refractivity contribution in [2.75, 3.05) is 39.3 Å². The molecule has 7 heteroatoms. The third-order valence-corrected chi connectivity index (χ3v) is 3.31. The summed E-state index contributed by atoms with van der Waals surface area (Å²) in [6.45, 7) is 12.6. The zero-order valence-electron chi connectivity index (χ0n) is 15.1. The summed E-state index contributed by atoms with van der Waals surface area (Å²) in [7, 11) is 0. The maximum absolute atomic E-state index is 11.6. The summed E-state index contributed by atoms with van der Waals surface area (Å²) in [6.07, 6.45) is 0. The van der Waals surface area contributed by atoms with Crippen LogP contribution in [0, 0.1) is 11.8 Å². The molecule has 7 nitrogen and oxygen atoms in total. The van der Waals surface area contributed by atoms with Gasteiger partial charge in [-0.05, 0) is 0 Å². The Morgan fingerprint density at radius 2 is 1.09 bits per heavy atom. The van der Waals surface area contributed by atoms with Gasteiger partial charge in [0.05, 0.1) is 0 Å². The molecule has 0 aromatic heterocycles. The second-order valence-corrected chi connectivity index (χ2v) is 6.22. The van der Waals surface area contributed by atoms with Crippen molar-refractivity contribution in [1.82, 2.24) is 20.9 Å². The summed E-state index contributed by atoms with van der Waals surface area (Å²) in [5.41, 5.74) is 0. The average Bonchev–Trinajstić information content (AvgIpc) is 2.45. The van der Waals surface area contributed by atoms with Gasteiger partial charge < -0.3 is 16.0 Å². The van der Waals surface area contributed by atoms with Crippen LogP contribution in [0.25, 0.3) is 0 Å². The van der Waals surface area contributed by atoms with Crippen LogP contribution < -0.4 is 16.0 Å². The topological polar surface area (TPSA) is 90.5 Å². The summed E-state index contributed by atoms with van der Waals surface area (Å²) < 4.78 is 0. The predicted molar refractivity (Wildman–Crippen MR) is 90.8 cm³/mol. The monoisotopic (exact) mass is 328 g/mol. The Kier molecular flexibility index (Phi) is 11.0. The Morgan fingerprint density at radius 1 is 0.739 bits per heavy atom. The van der Waals surface area contributed by atoms with E-state index in [0.29, 0.717) is 39.3 Å². The quantitative estimate of drug-likeness (QED) is 0.497. The van der Waals surface area contributed by atoms with E-state index in [-0.39, 0.29) is 29.6 Å². The first-order valence-corrected chi connectivity index (χ1v) is 8.26. The summed E-state index contributed by atoms with van der Waals surface area (Å²) >= 11 is 0. The van der Waals surface area contributed by atoms with E-state index in [2.05, 4.69) is 20.9 Å². The Hall–Kier alpha value is -1.63. The van der Waals surface area contributed by atoms with Gasteiger partial charge >= 0.3 is 0 Å². The normalized spacial score (nSPS) is 11.0. The van der Waals surface area contributed by atoms with Crippen molar-refractivity contribution in [1.29, 1.82) is 0 Å². The Bertz CT molecular complexity index is 358. The molecule has 0 aromatic carbocycles. The standard InChI is InChI=1S/C16H32N4O3/c1-12(2)15(22)18-7-10-20(9-6-17-14(5)21)11-8-19-16(23)13(3)4/h12-13H,6-11H2,1-5H3,(H,17,21)(H,18,22)(H,19,23). The fraction of sp³-hybridized carbons (Fsp3) is 0.812. The van der Waals surface area contributed by atoms with E-state index < -0.39 is 0 Å². The molecule has 0 unspecified atom stereocenters. The third kappa shape index (κ3) is 11.6. The van der Waals surface area contributed by atoms with Gasteiger partial charge in [0.25, 0.3) is 0 Å². The third-order valence-electron chi connectivity index (χ3n) is 3.31. The van der Waals surface area contributed by atoms with Crippen molar-refractivity contribution in [2.45, 2.75) is 34.6 Å². The maximum atomic E-state index is 11.6. The molecule has 23 heavy (non-hydrogen) atoms. The molecule has 0 fully saturated rings.